The number of hydrogen-bond donors (Lipinski definition) is 2. The number of nitrogens with zero attached hydrogens (tertiary/aromatic N) is 1. The molecule has 0 atom stereocenters. The minimum Gasteiger partial charge on any atom is -0.422 e. The predicted octanol–water partition coefficient (Wildman–Crippen LogP) is 4.24. The van der Waals surface area contributed by atoms with Gasteiger partial charge < -0.3 is 10.1 Å². The molecule has 0 aliphatic heterocycles. The van der Waals surface area contributed by atoms with Gasteiger partial charge in [0.1, 0.15) is 5.75 Å². The Labute approximate surface area is 155 Å². The Balaban J connectivity index is 1.63. The van der Waals surface area contributed by atoms with Crippen LogP contribution in [0.25, 0.3) is 0 Å². The van der Waals surface area contributed by atoms with Crippen molar-refractivity contribution < 1.29 is 14.3 Å². The highest BCUT2D eigenvalue weighted by atomic mass is 32.1. The number of nitrogens with one attached hydrogen (secondary N) is 2. The first-order valence-corrected chi connectivity index (χ1v) is 8.94. The van der Waals surface area contributed by atoms with Gasteiger partial charge in [0.25, 0.3) is 5.91 Å². The quantitative estimate of drug-likeness (QED) is 0.532. The third-order valence-corrected chi connectivity index (χ3v) is 4.53. The van der Waals surface area contributed by atoms with E-state index >= 15 is 0 Å². The van der Waals surface area contributed by atoms with Crippen LogP contribution in [0.4, 0.5) is 5.69 Å². The number of carbonyl (C=O) groups is 2. The highest BCUT2D eigenvalue weighted by molar-refractivity contribution is 7.12. The molecule has 0 radical (unpaired) electrons. The number of H-pyrrole nitrogens is 1. The lowest BCUT2D eigenvalue weighted by Gasteiger charge is -2.14. The van der Waals surface area contributed by atoms with E-state index in [1.54, 1.807) is 36.4 Å². The Kier molecular flexibility index (Phi) is 4.90. The average Bonchev–Trinajstić information content (AvgIpc) is 3.28. The molecule has 0 spiro atoms. The fraction of sp³-hybridized carbons (Fsp3) is 0.211. The van der Waals surface area contributed by atoms with E-state index in [1.807, 2.05) is 32.2 Å². The van der Waals surface area contributed by atoms with Gasteiger partial charge in [-0.15, -0.1) is 11.3 Å². The Hall–Kier alpha value is -2.93. The molecule has 0 saturated carbocycles. The number of esters is 1. The Morgan fingerprint density at radius 2 is 1.88 bits per heavy atom. The summed E-state index contributed by atoms with van der Waals surface area (Å²) in [7, 11) is 0. The van der Waals surface area contributed by atoms with Crippen molar-refractivity contribution in [3.05, 3.63) is 64.1 Å². The molecule has 2 heterocycles. The Bertz CT molecular complexity index is 906. The minimum absolute atomic E-state index is 0.131. The lowest BCUT2D eigenvalue weighted by molar-refractivity contribution is 0.0728. The van der Waals surface area contributed by atoms with Crippen LogP contribution in [0.2, 0.25) is 0 Å². The smallest absolute Gasteiger partial charge is 0.364 e. The molecule has 26 heavy (non-hydrogen) atoms. The second-order valence-electron chi connectivity index (χ2n) is 6.76. The zero-order chi connectivity index (χ0) is 18.7. The van der Waals surface area contributed by atoms with Gasteiger partial charge in [0.05, 0.1) is 4.88 Å². The molecule has 6 nitrogen and oxygen atoms in total. The number of ether oxygens (including phenoxy) is 1. The molecule has 3 rings (SSSR count). The maximum Gasteiger partial charge on any atom is 0.364 e. The summed E-state index contributed by atoms with van der Waals surface area (Å²) in [6, 6.07) is 11.9. The fourth-order valence-corrected chi connectivity index (χ4v) is 2.80. The second kappa shape index (κ2) is 7.13. The molecular weight excluding hydrogens is 350 g/mol. The lowest BCUT2D eigenvalue weighted by atomic mass is 9.92. The van der Waals surface area contributed by atoms with Crippen molar-refractivity contribution in [2.45, 2.75) is 26.2 Å². The van der Waals surface area contributed by atoms with E-state index in [-0.39, 0.29) is 17.0 Å². The van der Waals surface area contributed by atoms with Crippen LogP contribution in [0, 0.1) is 0 Å². The summed E-state index contributed by atoms with van der Waals surface area (Å²) in [5.74, 6) is -0.326. The molecule has 0 unspecified atom stereocenters. The second-order valence-corrected chi connectivity index (χ2v) is 7.71. The van der Waals surface area contributed by atoms with Crippen molar-refractivity contribution in [3.63, 3.8) is 0 Å². The van der Waals surface area contributed by atoms with Crippen LogP contribution in [-0.4, -0.2) is 22.1 Å². The number of rotatable bonds is 4. The molecule has 0 aliphatic carbocycles. The maximum atomic E-state index is 12.2. The van der Waals surface area contributed by atoms with Crippen LogP contribution in [0.1, 0.15) is 46.6 Å². The van der Waals surface area contributed by atoms with Crippen LogP contribution in [0.15, 0.2) is 47.8 Å². The van der Waals surface area contributed by atoms with Gasteiger partial charge in [0.15, 0.2) is 5.69 Å². The Morgan fingerprint density at radius 1 is 1.15 bits per heavy atom. The number of hydrogen-bond acceptors (Lipinski definition) is 5. The number of anilines is 1. The first kappa shape index (κ1) is 17.9. The van der Waals surface area contributed by atoms with Gasteiger partial charge in [-0.25, -0.2) is 4.79 Å². The summed E-state index contributed by atoms with van der Waals surface area (Å²) in [6.45, 7) is 6.08. The maximum absolute atomic E-state index is 12.2. The highest BCUT2D eigenvalue weighted by Crippen LogP contribution is 2.22. The SMILES string of the molecule is CC(C)(C)c1cc(C(=O)Oc2ccc(NC(=O)c3cccs3)cc2)n[nH]1. The fourth-order valence-electron chi connectivity index (χ4n) is 2.18. The van der Waals surface area contributed by atoms with E-state index in [2.05, 4.69) is 15.5 Å². The van der Waals surface area contributed by atoms with E-state index in [0.29, 0.717) is 16.3 Å². The van der Waals surface area contributed by atoms with Gasteiger partial charge in [-0.2, -0.15) is 5.10 Å². The van der Waals surface area contributed by atoms with Gasteiger partial charge in [0.2, 0.25) is 0 Å². The van der Waals surface area contributed by atoms with Crippen molar-refractivity contribution in [3.8, 4) is 5.75 Å². The van der Waals surface area contributed by atoms with Crippen molar-refractivity contribution in [2.75, 3.05) is 5.32 Å². The van der Waals surface area contributed by atoms with Gasteiger partial charge in [0, 0.05) is 16.8 Å². The van der Waals surface area contributed by atoms with Crippen LogP contribution in [0.3, 0.4) is 0 Å². The predicted molar refractivity (Wildman–Crippen MR) is 101 cm³/mol. The molecule has 1 aromatic carbocycles. The van der Waals surface area contributed by atoms with E-state index in [0.717, 1.165) is 5.69 Å². The number of aromatic nitrogens is 2. The third kappa shape index (κ3) is 4.18. The van der Waals surface area contributed by atoms with Crippen LogP contribution >= 0.6 is 11.3 Å². The molecule has 0 saturated heterocycles. The van der Waals surface area contributed by atoms with Crippen LogP contribution < -0.4 is 10.1 Å². The molecular formula is C19H19N3O3S. The van der Waals surface area contributed by atoms with Crippen LogP contribution in [0.5, 0.6) is 5.75 Å². The number of thiophene rings is 1. The third-order valence-electron chi connectivity index (χ3n) is 3.66. The average molecular weight is 369 g/mol. The van der Waals surface area contributed by atoms with Crippen molar-refractivity contribution >= 4 is 28.9 Å². The van der Waals surface area contributed by atoms with E-state index in [4.69, 9.17) is 4.74 Å². The summed E-state index contributed by atoms with van der Waals surface area (Å²) in [4.78, 5) is 24.8. The van der Waals surface area contributed by atoms with Gasteiger partial charge in [-0.1, -0.05) is 26.8 Å². The number of amides is 1. The largest absolute Gasteiger partial charge is 0.422 e. The van der Waals surface area contributed by atoms with E-state index < -0.39 is 5.97 Å². The summed E-state index contributed by atoms with van der Waals surface area (Å²) < 4.78 is 5.33. The Morgan fingerprint density at radius 3 is 2.46 bits per heavy atom. The van der Waals surface area contributed by atoms with Crippen molar-refractivity contribution in [2.24, 2.45) is 0 Å². The molecule has 134 valence electrons. The highest BCUT2D eigenvalue weighted by Gasteiger charge is 2.20. The molecule has 3 aromatic rings. The lowest BCUT2D eigenvalue weighted by Crippen LogP contribution is -2.12. The summed E-state index contributed by atoms with van der Waals surface area (Å²) in [5, 5.41) is 11.5. The molecule has 2 N–H and O–H groups in total. The van der Waals surface area contributed by atoms with Crippen molar-refractivity contribution in [1.29, 1.82) is 0 Å². The van der Waals surface area contributed by atoms with Gasteiger partial charge in [-0.3, -0.25) is 9.89 Å². The molecule has 1 amide bonds. The standard InChI is InChI=1S/C19H19N3O3S/c1-19(2,3)16-11-14(21-22-16)18(24)25-13-8-6-12(7-9-13)20-17(23)15-5-4-10-26-15/h4-11H,1-3H3,(H,20,23)(H,21,22). The van der Waals surface area contributed by atoms with Crippen molar-refractivity contribution in [1.82, 2.24) is 10.2 Å². The molecule has 7 heteroatoms. The molecule has 2 aromatic heterocycles. The zero-order valence-corrected chi connectivity index (χ0v) is 15.5. The number of aromatic amines is 1. The monoisotopic (exact) mass is 369 g/mol. The molecule has 0 bridgehead atoms. The molecule has 0 fully saturated rings. The minimum atomic E-state index is -0.535. The first-order valence-electron chi connectivity index (χ1n) is 8.06. The molecule has 0 aliphatic rings. The summed E-state index contributed by atoms with van der Waals surface area (Å²) in [5.41, 5.74) is 1.58. The van der Waals surface area contributed by atoms with Gasteiger partial charge >= 0.3 is 5.97 Å². The van der Waals surface area contributed by atoms with Gasteiger partial charge in [-0.05, 0) is 41.8 Å². The normalized spacial score (nSPS) is 11.2. The summed E-state index contributed by atoms with van der Waals surface area (Å²) >= 11 is 1.37. The number of benzene rings is 1. The van der Waals surface area contributed by atoms with Crippen LogP contribution in [-0.2, 0) is 5.41 Å². The topological polar surface area (TPSA) is 84.1 Å². The number of carbonyl (C=O) groups excluding carboxylic acids is 2. The summed E-state index contributed by atoms with van der Waals surface area (Å²) in [6.07, 6.45) is 0. The van der Waals surface area contributed by atoms with E-state index in [1.165, 1.54) is 11.3 Å². The zero-order valence-electron chi connectivity index (χ0n) is 14.7. The van der Waals surface area contributed by atoms with E-state index in [9.17, 15) is 9.59 Å². The first-order chi connectivity index (χ1) is 12.3.